The van der Waals surface area contributed by atoms with E-state index in [1.807, 2.05) is 0 Å². The molecule has 1 amide bonds. The zero-order valence-electron chi connectivity index (χ0n) is 20.4. The summed E-state index contributed by atoms with van der Waals surface area (Å²) >= 11 is -0.287. The number of ether oxygens (including phenoxy) is 1. The number of halogens is 4. The summed E-state index contributed by atoms with van der Waals surface area (Å²) in [5, 5.41) is 11.4. The number of alkyl halides is 4. The van der Waals surface area contributed by atoms with Gasteiger partial charge in [-0.3, -0.25) is 4.79 Å². The molecular weight excluding hydrogens is 526 g/mol. The summed E-state index contributed by atoms with van der Waals surface area (Å²) in [5.41, 5.74) is -3.38. The largest absolute Gasteiger partial charge is 0.480 e. The topological polar surface area (TPSA) is 105 Å². The molecule has 2 atom stereocenters. The highest BCUT2D eigenvalue weighted by atomic mass is 32.2. The molecule has 1 aliphatic heterocycles. The molecule has 0 aliphatic carbocycles. The van der Waals surface area contributed by atoms with Crippen molar-refractivity contribution >= 4 is 34.7 Å². The van der Waals surface area contributed by atoms with Crippen molar-refractivity contribution in [2.45, 2.75) is 29.2 Å². The highest BCUT2D eigenvalue weighted by Gasteiger charge is 2.33. The van der Waals surface area contributed by atoms with E-state index >= 15 is 0 Å². The third-order valence-corrected chi connectivity index (χ3v) is 6.56. The summed E-state index contributed by atoms with van der Waals surface area (Å²) < 4.78 is 61.2. The van der Waals surface area contributed by atoms with Crippen LogP contribution < -0.4 is 26.0 Å². The smallest absolute Gasteiger partial charge is 0.447 e. The Morgan fingerprint density at radius 2 is 2.16 bits per heavy atom. The van der Waals surface area contributed by atoms with Crippen LogP contribution in [0.5, 0.6) is 5.88 Å². The van der Waals surface area contributed by atoms with E-state index in [1.165, 1.54) is 49.3 Å². The SMILES string of the molecule is CNC(=O)c1cnc(OC)c(NCC#Cc2cc3c(N[C@@H]4CCNC[C@@H]4F)nccn3c2SC(F)(F)F)c1. The Kier molecular flexibility index (Phi) is 8.48. The van der Waals surface area contributed by atoms with Gasteiger partial charge in [0.1, 0.15) is 11.2 Å². The van der Waals surface area contributed by atoms with Gasteiger partial charge in [-0.05, 0) is 25.1 Å². The van der Waals surface area contributed by atoms with E-state index in [9.17, 15) is 22.4 Å². The van der Waals surface area contributed by atoms with Crippen LogP contribution in [0.1, 0.15) is 22.3 Å². The number of thioether (sulfide) groups is 1. The fourth-order valence-electron chi connectivity index (χ4n) is 3.94. The number of nitrogens with one attached hydrogen (secondary N) is 4. The van der Waals surface area contributed by atoms with Crippen molar-refractivity contribution in [3.8, 4) is 17.7 Å². The van der Waals surface area contributed by atoms with Crippen LogP contribution in [0.2, 0.25) is 0 Å². The van der Waals surface area contributed by atoms with Crippen LogP contribution in [0.4, 0.5) is 29.1 Å². The number of hydrogen-bond donors (Lipinski definition) is 4. The molecule has 1 aliphatic rings. The Morgan fingerprint density at radius 3 is 2.87 bits per heavy atom. The van der Waals surface area contributed by atoms with Gasteiger partial charge in [0.25, 0.3) is 5.91 Å². The maximum Gasteiger partial charge on any atom is 0.447 e. The predicted molar refractivity (Wildman–Crippen MR) is 136 cm³/mol. The molecule has 0 saturated carbocycles. The van der Waals surface area contributed by atoms with Gasteiger partial charge in [-0.25, -0.2) is 14.4 Å². The molecule has 0 bridgehead atoms. The summed E-state index contributed by atoms with van der Waals surface area (Å²) in [5.74, 6) is 5.76. The molecule has 0 unspecified atom stereocenters. The van der Waals surface area contributed by atoms with Crippen LogP contribution in [0.25, 0.3) is 5.52 Å². The molecule has 0 radical (unpaired) electrons. The van der Waals surface area contributed by atoms with Crippen LogP contribution in [0.15, 0.2) is 35.7 Å². The zero-order chi connectivity index (χ0) is 27.3. The number of anilines is 2. The molecule has 1 saturated heterocycles. The van der Waals surface area contributed by atoms with E-state index in [-0.39, 0.29) is 53.0 Å². The summed E-state index contributed by atoms with van der Waals surface area (Å²) in [4.78, 5) is 20.2. The maximum absolute atomic E-state index is 14.4. The number of piperidine rings is 1. The van der Waals surface area contributed by atoms with E-state index in [0.29, 0.717) is 29.7 Å². The Labute approximate surface area is 220 Å². The standard InChI is InChI=1S/C24H25F4N7O2S/c1-29-21(36)15-10-18(22(37-2)33-12-15)31-6-3-4-14-11-19-20(34-17-5-7-30-13-16(17)25)32-8-9-35(19)23(14)38-24(26,27)28/h8-12,16-17,30-31H,5-7,13H2,1-2H3,(H,29,36)(H,32,34)/t16-,17+/m0/s1. The van der Waals surface area contributed by atoms with Crippen molar-refractivity contribution in [3.05, 3.63) is 41.9 Å². The summed E-state index contributed by atoms with van der Waals surface area (Å²) in [6.45, 7) is 0.833. The van der Waals surface area contributed by atoms with Crippen LogP contribution in [0, 0.1) is 11.8 Å². The van der Waals surface area contributed by atoms with E-state index < -0.39 is 17.7 Å². The lowest BCUT2D eigenvalue weighted by atomic mass is 10.1. The molecule has 1 fully saturated rings. The lowest BCUT2D eigenvalue weighted by Gasteiger charge is -2.28. The average molecular weight is 552 g/mol. The Balaban J connectivity index is 1.62. The number of aromatic nitrogens is 3. The fourth-order valence-corrected chi connectivity index (χ4v) is 4.64. The maximum atomic E-state index is 14.4. The molecule has 4 N–H and O–H groups in total. The van der Waals surface area contributed by atoms with Gasteiger partial charge >= 0.3 is 5.51 Å². The van der Waals surface area contributed by atoms with Gasteiger partial charge in [0.15, 0.2) is 5.82 Å². The second-order valence-electron chi connectivity index (χ2n) is 8.22. The number of carbonyl (C=O) groups is 1. The number of pyridine rings is 1. The van der Waals surface area contributed by atoms with Gasteiger partial charge in [0.05, 0.1) is 42.0 Å². The van der Waals surface area contributed by atoms with Crippen molar-refractivity contribution in [2.75, 3.05) is 44.4 Å². The van der Waals surface area contributed by atoms with Crippen molar-refractivity contribution in [1.82, 2.24) is 25.0 Å². The van der Waals surface area contributed by atoms with Crippen molar-refractivity contribution < 1.29 is 27.1 Å². The van der Waals surface area contributed by atoms with Crippen molar-refractivity contribution in [2.24, 2.45) is 0 Å². The molecule has 3 aromatic heterocycles. The predicted octanol–water partition coefficient (Wildman–Crippen LogP) is 3.28. The fraction of sp³-hybridized carbons (Fsp3) is 0.375. The minimum atomic E-state index is -4.56. The second-order valence-corrected chi connectivity index (χ2v) is 9.27. The number of hydrogen-bond acceptors (Lipinski definition) is 8. The normalized spacial score (nSPS) is 17.4. The second kappa shape index (κ2) is 11.8. The first-order chi connectivity index (χ1) is 18.2. The number of nitrogens with zero attached hydrogens (tertiary/aromatic N) is 3. The lowest BCUT2D eigenvalue weighted by Crippen LogP contribution is -2.45. The summed E-state index contributed by atoms with van der Waals surface area (Å²) in [6.07, 6.45) is 3.47. The minimum absolute atomic E-state index is 0.0273. The van der Waals surface area contributed by atoms with Crippen molar-refractivity contribution in [1.29, 1.82) is 0 Å². The molecule has 0 spiro atoms. The third-order valence-electron chi connectivity index (χ3n) is 5.72. The molecule has 202 valence electrons. The zero-order valence-corrected chi connectivity index (χ0v) is 21.3. The number of carbonyl (C=O) groups excluding carboxylic acids is 1. The first-order valence-electron chi connectivity index (χ1n) is 11.6. The van der Waals surface area contributed by atoms with Gasteiger partial charge < -0.3 is 30.4 Å². The van der Waals surface area contributed by atoms with E-state index in [0.717, 1.165) is 0 Å². The quantitative estimate of drug-likeness (QED) is 0.202. The van der Waals surface area contributed by atoms with Crippen LogP contribution in [-0.2, 0) is 0 Å². The Hall–Kier alpha value is -3.70. The number of amides is 1. The first kappa shape index (κ1) is 27.3. The molecule has 38 heavy (non-hydrogen) atoms. The monoisotopic (exact) mass is 551 g/mol. The van der Waals surface area contributed by atoms with E-state index in [2.05, 4.69) is 43.1 Å². The number of methoxy groups -OCH3 is 1. The molecule has 3 aromatic rings. The van der Waals surface area contributed by atoms with E-state index in [4.69, 9.17) is 4.74 Å². The first-order valence-corrected chi connectivity index (χ1v) is 12.4. The highest BCUT2D eigenvalue weighted by Crippen LogP contribution is 2.40. The van der Waals surface area contributed by atoms with Crippen molar-refractivity contribution in [3.63, 3.8) is 0 Å². The molecular formula is C24H25F4N7O2S. The lowest BCUT2D eigenvalue weighted by molar-refractivity contribution is -0.0329. The highest BCUT2D eigenvalue weighted by molar-refractivity contribution is 8.00. The number of rotatable bonds is 7. The number of fused-ring (bicyclic) bond motifs is 1. The van der Waals surface area contributed by atoms with Crippen LogP contribution >= 0.6 is 11.8 Å². The molecule has 4 rings (SSSR count). The van der Waals surface area contributed by atoms with Gasteiger partial charge in [0.2, 0.25) is 5.88 Å². The van der Waals surface area contributed by atoms with Crippen LogP contribution in [-0.4, -0.2) is 71.8 Å². The van der Waals surface area contributed by atoms with Crippen LogP contribution in [0.3, 0.4) is 0 Å². The summed E-state index contributed by atoms with van der Waals surface area (Å²) in [6, 6.07) is 2.52. The molecule has 0 aromatic carbocycles. The molecule has 9 nitrogen and oxygen atoms in total. The minimum Gasteiger partial charge on any atom is -0.480 e. The molecule has 4 heterocycles. The Bertz CT molecular complexity index is 1370. The van der Waals surface area contributed by atoms with Gasteiger partial charge in [-0.15, -0.1) is 0 Å². The van der Waals surface area contributed by atoms with E-state index in [1.54, 1.807) is 0 Å². The molecule has 14 heteroatoms. The van der Waals surface area contributed by atoms with Gasteiger partial charge in [0, 0.05) is 43.9 Å². The Morgan fingerprint density at radius 1 is 1.34 bits per heavy atom. The van der Waals surface area contributed by atoms with Gasteiger partial charge in [-0.2, -0.15) is 13.2 Å². The van der Waals surface area contributed by atoms with Gasteiger partial charge in [-0.1, -0.05) is 11.8 Å². The summed E-state index contributed by atoms with van der Waals surface area (Å²) in [7, 11) is 2.91. The third kappa shape index (κ3) is 6.40. The average Bonchev–Trinajstić information content (AvgIpc) is 3.24.